The first kappa shape index (κ1) is 18.3. The molecule has 1 fully saturated rings. The lowest BCUT2D eigenvalue weighted by Crippen LogP contribution is -2.21. The van der Waals surface area contributed by atoms with E-state index >= 15 is 0 Å². The molecular weight excluding hydrogens is 362 g/mol. The standard InChI is InChI=1S/C18H22ClNO4S/c1-2-24-18(21)16-17(14-10-13(19)8-9-15(14)20-16)25(22,23)11-12-6-4-3-5-7-12/h8-10,12,20H,2-7,11H2,1H3. The fraction of sp³-hybridized carbons (Fsp3) is 0.500. The van der Waals surface area contributed by atoms with Crippen LogP contribution in [0.2, 0.25) is 5.02 Å². The summed E-state index contributed by atoms with van der Waals surface area (Å²) in [7, 11) is -3.64. The highest BCUT2D eigenvalue weighted by atomic mass is 35.5. The second-order valence-electron chi connectivity index (χ2n) is 6.52. The molecule has 1 heterocycles. The van der Waals surface area contributed by atoms with Gasteiger partial charge >= 0.3 is 5.97 Å². The van der Waals surface area contributed by atoms with Gasteiger partial charge in [-0.15, -0.1) is 0 Å². The highest BCUT2D eigenvalue weighted by Crippen LogP contribution is 2.33. The Balaban J connectivity index is 2.09. The average molecular weight is 384 g/mol. The number of carbonyl (C=O) groups excluding carboxylic acids is 1. The third-order valence-corrected chi connectivity index (χ3v) is 6.87. The molecule has 0 aliphatic heterocycles. The Morgan fingerprint density at radius 1 is 1.28 bits per heavy atom. The molecule has 3 rings (SSSR count). The van der Waals surface area contributed by atoms with Crippen LogP contribution in [0.15, 0.2) is 23.1 Å². The van der Waals surface area contributed by atoms with Gasteiger partial charge in [-0.05, 0) is 43.9 Å². The summed E-state index contributed by atoms with van der Waals surface area (Å²) in [5.74, 6) is -0.464. The molecule has 136 valence electrons. The molecule has 5 nitrogen and oxygen atoms in total. The fourth-order valence-corrected chi connectivity index (χ4v) is 5.80. The highest BCUT2D eigenvalue weighted by Gasteiger charge is 2.31. The van der Waals surface area contributed by atoms with E-state index in [1.807, 2.05) is 0 Å². The molecule has 0 bridgehead atoms. The first-order valence-electron chi connectivity index (χ1n) is 8.63. The van der Waals surface area contributed by atoms with E-state index in [9.17, 15) is 13.2 Å². The molecule has 1 aromatic carbocycles. The lowest BCUT2D eigenvalue weighted by Gasteiger charge is -2.21. The number of fused-ring (bicyclic) bond motifs is 1. The van der Waals surface area contributed by atoms with Crippen molar-refractivity contribution in [3.63, 3.8) is 0 Å². The number of sulfone groups is 1. The Kier molecular flexibility index (Phi) is 5.39. The van der Waals surface area contributed by atoms with Gasteiger partial charge in [0.15, 0.2) is 9.84 Å². The quantitative estimate of drug-likeness (QED) is 0.778. The minimum Gasteiger partial charge on any atom is -0.461 e. The van der Waals surface area contributed by atoms with Gasteiger partial charge < -0.3 is 9.72 Å². The topological polar surface area (TPSA) is 76.2 Å². The Bertz CT molecular complexity index is 882. The number of rotatable bonds is 5. The van der Waals surface area contributed by atoms with Crippen molar-refractivity contribution in [1.82, 2.24) is 4.98 Å². The molecule has 0 unspecified atom stereocenters. The lowest BCUT2D eigenvalue weighted by molar-refractivity contribution is 0.0516. The zero-order valence-corrected chi connectivity index (χ0v) is 15.8. The number of esters is 1. The van der Waals surface area contributed by atoms with Gasteiger partial charge in [0, 0.05) is 15.9 Å². The van der Waals surface area contributed by atoms with Crippen molar-refractivity contribution in [2.75, 3.05) is 12.4 Å². The van der Waals surface area contributed by atoms with Crippen LogP contribution in [0.1, 0.15) is 49.5 Å². The maximum absolute atomic E-state index is 13.1. The zero-order valence-electron chi connectivity index (χ0n) is 14.2. The molecule has 7 heteroatoms. The van der Waals surface area contributed by atoms with E-state index in [0.29, 0.717) is 15.9 Å². The van der Waals surface area contributed by atoms with Gasteiger partial charge in [-0.1, -0.05) is 30.9 Å². The molecular formula is C18H22ClNO4S. The van der Waals surface area contributed by atoms with Crippen LogP contribution in [0.4, 0.5) is 0 Å². The number of H-pyrrole nitrogens is 1. The van der Waals surface area contributed by atoms with Crippen molar-refractivity contribution in [3.05, 3.63) is 28.9 Å². The summed E-state index contributed by atoms with van der Waals surface area (Å²) < 4.78 is 31.3. The first-order chi connectivity index (χ1) is 11.9. The van der Waals surface area contributed by atoms with Crippen molar-refractivity contribution in [1.29, 1.82) is 0 Å². The SMILES string of the molecule is CCOC(=O)c1[nH]c2ccc(Cl)cc2c1S(=O)(=O)CC1CCCCC1. The van der Waals surface area contributed by atoms with E-state index < -0.39 is 15.8 Å². The van der Waals surface area contributed by atoms with Crippen molar-refractivity contribution in [2.24, 2.45) is 5.92 Å². The average Bonchev–Trinajstić information content (AvgIpc) is 2.95. The third kappa shape index (κ3) is 3.85. The minimum absolute atomic E-state index is 0.00470. The van der Waals surface area contributed by atoms with Crippen LogP contribution >= 0.6 is 11.6 Å². The zero-order chi connectivity index (χ0) is 18.0. The van der Waals surface area contributed by atoms with E-state index in [1.54, 1.807) is 25.1 Å². The lowest BCUT2D eigenvalue weighted by atomic mass is 9.91. The third-order valence-electron chi connectivity index (χ3n) is 4.68. The molecule has 1 N–H and O–H groups in total. The van der Waals surface area contributed by atoms with Gasteiger partial charge in [0.05, 0.1) is 12.4 Å². The second-order valence-corrected chi connectivity index (χ2v) is 8.93. The van der Waals surface area contributed by atoms with Crippen LogP contribution in [0.25, 0.3) is 10.9 Å². The number of hydrogen-bond donors (Lipinski definition) is 1. The Morgan fingerprint density at radius 3 is 2.68 bits per heavy atom. The number of aromatic amines is 1. The normalized spacial score (nSPS) is 16.2. The molecule has 1 saturated carbocycles. The van der Waals surface area contributed by atoms with E-state index in [1.165, 1.54) is 0 Å². The van der Waals surface area contributed by atoms with Gasteiger partial charge in [0.1, 0.15) is 10.6 Å². The molecule has 1 aliphatic rings. The number of nitrogens with one attached hydrogen (secondary N) is 1. The summed E-state index contributed by atoms with van der Waals surface area (Å²) in [5, 5.41) is 0.877. The Morgan fingerprint density at radius 2 is 2.00 bits per heavy atom. The van der Waals surface area contributed by atoms with Crippen molar-refractivity contribution < 1.29 is 17.9 Å². The molecule has 0 atom stereocenters. The molecule has 0 amide bonds. The van der Waals surface area contributed by atoms with Crippen LogP contribution in [-0.2, 0) is 14.6 Å². The number of ether oxygens (including phenoxy) is 1. The summed E-state index contributed by atoms with van der Waals surface area (Å²) in [4.78, 5) is 15.2. The summed E-state index contributed by atoms with van der Waals surface area (Å²) >= 11 is 6.06. The van der Waals surface area contributed by atoms with Crippen molar-refractivity contribution in [2.45, 2.75) is 43.9 Å². The van der Waals surface area contributed by atoms with Gasteiger partial charge in [-0.3, -0.25) is 0 Å². The predicted octanol–water partition coefficient (Wildman–Crippen LogP) is 4.35. The molecule has 1 aliphatic carbocycles. The van der Waals surface area contributed by atoms with Gasteiger partial charge in [-0.2, -0.15) is 0 Å². The molecule has 2 aromatic rings. The van der Waals surface area contributed by atoms with Crippen LogP contribution in [-0.4, -0.2) is 31.7 Å². The van der Waals surface area contributed by atoms with E-state index in [4.69, 9.17) is 16.3 Å². The van der Waals surface area contributed by atoms with Crippen LogP contribution in [0.3, 0.4) is 0 Å². The maximum Gasteiger partial charge on any atom is 0.356 e. The minimum atomic E-state index is -3.64. The molecule has 0 radical (unpaired) electrons. The maximum atomic E-state index is 13.1. The second kappa shape index (κ2) is 7.38. The Labute approximate surface area is 152 Å². The van der Waals surface area contributed by atoms with Crippen molar-refractivity contribution in [3.8, 4) is 0 Å². The highest BCUT2D eigenvalue weighted by molar-refractivity contribution is 7.91. The number of aromatic nitrogens is 1. The van der Waals surface area contributed by atoms with E-state index in [-0.39, 0.29) is 28.9 Å². The predicted molar refractivity (Wildman–Crippen MR) is 97.9 cm³/mol. The number of halogens is 1. The molecule has 0 saturated heterocycles. The van der Waals surface area contributed by atoms with Crippen LogP contribution in [0.5, 0.6) is 0 Å². The van der Waals surface area contributed by atoms with E-state index in [0.717, 1.165) is 32.1 Å². The smallest absolute Gasteiger partial charge is 0.356 e. The first-order valence-corrected chi connectivity index (χ1v) is 10.7. The summed E-state index contributed by atoms with van der Waals surface area (Å²) in [6, 6.07) is 4.93. The summed E-state index contributed by atoms with van der Waals surface area (Å²) in [6.45, 7) is 1.87. The van der Waals surface area contributed by atoms with Crippen molar-refractivity contribution >= 4 is 38.3 Å². The van der Waals surface area contributed by atoms with Crippen LogP contribution < -0.4 is 0 Å². The monoisotopic (exact) mass is 383 g/mol. The molecule has 25 heavy (non-hydrogen) atoms. The number of carbonyl (C=O) groups is 1. The molecule has 1 aromatic heterocycles. The van der Waals surface area contributed by atoms with Crippen LogP contribution in [0, 0.1) is 5.92 Å². The van der Waals surface area contributed by atoms with Gasteiger partial charge in [0.25, 0.3) is 0 Å². The fourth-order valence-electron chi connectivity index (χ4n) is 3.56. The Hall–Kier alpha value is -1.53. The molecule has 0 spiro atoms. The van der Waals surface area contributed by atoms with E-state index in [2.05, 4.69) is 4.98 Å². The number of hydrogen-bond acceptors (Lipinski definition) is 4. The van der Waals surface area contributed by atoms with Gasteiger partial charge in [-0.25, -0.2) is 13.2 Å². The number of benzene rings is 1. The summed E-state index contributed by atoms with van der Waals surface area (Å²) in [5.41, 5.74) is 0.560. The summed E-state index contributed by atoms with van der Waals surface area (Å²) in [6.07, 6.45) is 5.11. The largest absolute Gasteiger partial charge is 0.461 e. The van der Waals surface area contributed by atoms with Gasteiger partial charge in [0.2, 0.25) is 0 Å².